The first-order chi connectivity index (χ1) is 9.41. The molecular weight excluding hydrogens is 291 g/mol. The lowest BCUT2D eigenvalue weighted by Gasteiger charge is -2.32. The van der Waals surface area contributed by atoms with Gasteiger partial charge in [-0.2, -0.15) is 0 Å². The summed E-state index contributed by atoms with van der Waals surface area (Å²) in [5, 5.41) is 0. The molecule has 0 aliphatic carbocycles. The molecule has 0 amide bonds. The molecule has 2 rings (SSSR count). The molecule has 21 heavy (non-hydrogen) atoms. The Labute approximate surface area is 126 Å². The summed E-state index contributed by atoms with van der Waals surface area (Å²) in [6, 6.07) is 3.38. The predicted molar refractivity (Wildman–Crippen MR) is 83.2 cm³/mol. The van der Waals surface area contributed by atoms with Gasteiger partial charge in [0, 0.05) is 11.2 Å². The Morgan fingerprint density at radius 1 is 1.14 bits per heavy atom. The summed E-state index contributed by atoms with van der Waals surface area (Å²) in [4.78, 5) is 4.25. The maximum atomic E-state index is 11.2. The average molecular weight is 312 g/mol. The number of aromatic nitrogens is 1. The van der Waals surface area contributed by atoms with Gasteiger partial charge in [0.2, 0.25) is 10.0 Å². The van der Waals surface area contributed by atoms with Crippen molar-refractivity contribution >= 4 is 28.4 Å². The standard InChI is InChI=1S/C13H21BN2O4S/c1-9-10(7-8-11(15-9)16-21(6,17)18)14-19-12(2,3)13(4,5)20-14/h7-8H,1-6H3,(H,15,16). The first kappa shape index (κ1) is 16.3. The van der Waals surface area contributed by atoms with E-state index >= 15 is 0 Å². The molecule has 116 valence electrons. The van der Waals surface area contributed by atoms with Crippen molar-refractivity contribution in [3.63, 3.8) is 0 Å². The van der Waals surface area contributed by atoms with Crippen LogP contribution in [-0.4, -0.2) is 38.0 Å². The molecule has 0 bridgehead atoms. The van der Waals surface area contributed by atoms with Crippen LogP contribution in [0.5, 0.6) is 0 Å². The van der Waals surface area contributed by atoms with Crippen molar-refractivity contribution in [3.8, 4) is 0 Å². The van der Waals surface area contributed by atoms with E-state index < -0.39 is 28.3 Å². The number of hydrogen-bond acceptors (Lipinski definition) is 5. The lowest BCUT2D eigenvalue weighted by Crippen LogP contribution is -2.41. The van der Waals surface area contributed by atoms with Gasteiger partial charge >= 0.3 is 7.12 Å². The number of rotatable bonds is 3. The summed E-state index contributed by atoms with van der Waals surface area (Å²) in [5.41, 5.74) is 0.622. The van der Waals surface area contributed by atoms with Crippen LogP contribution >= 0.6 is 0 Å². The van der Waals surface area contributed by atoms with Gasteiger partial charge in [0.15, 0.2) is 0 Å². The Morgan fingerprint density at radius 2 is 1.67 bits per heavy atom. The second-order valence-electron chi connectivity index (χ2n) is 6.33. The maximum Gasteiger partial charge on any atom is 0.496 e. The predicted octanol–water partition coefficient (Wildman–Crippen LogP) is 1.06. The quantitative estimate of drug-likeness (QED) is 0.845. The van der Waals surface area contributed by atoms with Crippen LogP contribution in [0.4, 0.5) is 5.82 Å². The number of sulfonamides is 1. The van der Waals surface area contributed by atoms with Gasteiger partial charge in [-0.15, -0.1) is 0 Å². The highest BCUT2D eigenvalue weighted by molar-refractivity contribution is 7.92. The van der Waals surface area contributed by atoms with Crippen molar-refractivity contribution in [3.05, 3.63) is 17.8 Å². The number of hydrogen-bond donors (Lipinski definition) is 1. The second-order valence-corrected chi connectivity index (χ2v) is 8.08. The summed E-state index contributed by atoms with van der Waals surface area (Å²) < 4.78 is 36.7. The molecule has 0 atom stereocenters. The molecule has 0 radical (unpaired) electrons. The lowest BCUT2D eigenvalue weighted by molar-refractivity contribution is 0.00578. The Balaban J connectivity index is 2.27. The minimum absolute atomic E-state index is 0.287. The molecule has 1 aromatic rings. The van der Waals surface area contributed by atoms with Crippen molar-refractivity contribution in [1.82, 2.24) is 4.98 Å². The van der Waals surface area contributed by atoms with Crippen LogP contribution in [0.1, 0.15) is 33.4 Å². The van der Waals surface area contributed by atoms with E-state index in [2.05, 4.69) is 9.71 Å². The zero-order chi connectivity index (χ0) is 16.1. The Morgan fingerprint density at radius 3 is 2.10 bits per heavy atom. The largest absolute Gasteiger partial charge is 0.496 e. The number of nitrogens with one attached hydrogen (secondary N) is 1. The molecular formula is C13H21BN2O4S. The molecule has 1 aliphatic heterocycles. The van der Waals surface area contributed by atoms with Crippen molar-refractivity contribution < 1.29 is 17.7 Å². The zero-order valence-electron chi connectivity index (χ0n) is 13.2. The fourth-order valence-electron chi connectivity index (χ4n) is 2.04. The van der Waals surface area contributed by atoms with Crippen molar-refractivity contribution in [2.45, 2.75) is 45.8 Å². The molecule has 1 saturated heterocycles. The van der Waals surface area contributed by atoms with Crippen LogP contribution in [0, 0.1) is 6.92 Å². The summed E-state index contributed by atoms with van der Waals surface area (Å²) in [7, 11) is -3.84. The van der Waals surface area contributed by atoms with Gasteiger partial charge in [-0.3, -0.25) is 4.72 Å². The van der Waals surface area contributed by atoms with Crippen LogP contribution in [0.3, 0.4) is 0 Å². The topological polar surface area (TPSA) is 77.5 Å². The van der Waals surface area contributed by atoms with Crippen molar-refractivity contribution in [2.24, 2.45) is 0 Å². The molecule has 1 aliphatic rings. The summed E-state index contributed by atoms with van der Waals surface area (Å²) in [5.74, 6) is 0.287. The van der Waals surface area contributed by atoms with E-state index in [1.54, 1.807) is 19.1 Å². The molecule has 8 heteroatoms. The van der Waals surface area contributed by atoms with E-state index in [4.69, 9.17) is 9.31 Å². The maximum absolute atomic E-state index is 11.2. The van der Waals surface area contributed by atoms with E-state index in [0.717, 1.165) is 11.7 Å². The first-order valence-electron chi connectivity index (χ1n) is 6.72. The fraction of sp³-hybridized carbons (Fsp3) is 0.615. The SMILES string of the molecule is Cc1nc(NS(C)(=O)=O)ccc1B1OC(C)(C)C(C)(C)O1. The van der Waals surface area contributed by atoms with Gasteiger partial charge in [-0.25, -0.2) is 13.4 Å². The average Bonchev–Trinajstić information content (AvgIpc) is 2.45. The summed E-state index contributed by atoms with van der Waals surface area (Å²) in [6.07, 6.45) is 1.09. The Hall–Kier alpha value is -1.12. The highest BCUT2D eigenvalue weighted by Crippen LogP contribution is 2.36. The fourth-order valence-corrected chi connectivity index (χ4v) is 2.53. The smallest absolute Gasteiger partial charge is 0.399 e. The molecule has 1 aromatic heterocycles. The molecule has 6 nitrogen and oxygen atoms in total. The first-order valence-corrected chi connectivity index (χ1v) is 8.61. The number of pyridine rings is 1. The molecule has 0 saturated carbocycles. The van der Waals surface area contributed by atoms with E-state index in [-0.39, 0.29) is 5.82 Å². The van der Waals surface area contributed by atoms with Crippen LogP contribution in [0.2, 0.25) is 0 Å². The molecule has 0 aromatic carbocycles. The normalized spacial score (nSPS) is 20.6. The van der Waals surface area contributed by atoms with Crippen LogP contribution in [0.15, 0.2) is 12.1 Å². The van der Waals surface area contributed by atoms with Gasteiger partial charge in [-0.1, -0.05) is 6.07 Å². The van der Waals surface area contributed by atoms with Crippen molar-refractivity contribution in [1.29, 1.82) is 0 Å². The molecule has 1 N–H and O–H groups in total. The minimum atomic E-state index is -3.34. The monoisotopic (exact) mass is 312 g/mol. The van der Waals surface area contributed by atoms with Crippen LogP contribution in [-0.2, 0) is 19.3 Å². The highest BCUT2D eigenvalue weighted by Gasteiger charge is 2.52. The third-order valence-electron chi connectivity index (χ3n) is 3.92. The van der Waals surface area contributed by atoms with Gasteiger partial charge in [0.25, 0.3) is 0 Å². The zero-order valence-corrected chi connectivity index (χ0v) is 14.0. The lowest BCUT2D eigenvalue weighted by atomic mass is 9.78. The molecule has 1 fully saturated rings. The Bertz CT molecular complexity index is 642. The van der Waals surface area contributed by atoms with Gasteiger partial charge < -0.3 is 9.31 Å². The van der Waals surface area contributed by atoms with Crippen LogP contribution in [0.25, 0.3) is 0 Å². The number of aryl methyl sites for hydroxylation is 1. The molecule has 2 heterocycles. The van der Waals surface area contributed by atoms with Gasteiger partial charge in [0.1, 0.15) is 5.82 Å². The van der Waals surface area contributed by atoms with Gasteiger partial charge in [-0.05, 0) is 40.7 Å². The van der Waals surface area contributed by atoms with Gasteiger partial charge in [0.05, 0.1) is 17.5 Å². The minimum Gasteiger partial charge on any atom is -0.399 e. The highest BCUT2D eigenvalue weighted by atomic mass is 32.2. The number of nitrogens with zero attached hydrogens (tertiary/aromatic N) is 1. The number of anilines is 1. The second kappa shape index (κ2) is 4.96. The van der Waals surface area contributed by atoms with E-state index in [9.17, 15) is 8.42 Å². The van der Waals surface area contributed by atoms with Crippen molar-refractivity contribution in [2.75, 3.05) is 11.0 Å². The van der Waals surface area contributed by atoms with E-state index in [1.165, 1.54) is 0 Å². The molecule has 0 spiro atoms. The summed E-state index contributed by atoms with van der Waals surface area (Å²) in [6.45, 7) is 9.73. The Kier molecular flexibility index (Phi) is 3.84. The van der Waals surface area contributed by atoms with E-state index in [0.29, 0.717) is 5.69 Å². The third kappa shape index (κ3) is 3.38. The summed E-state index contributed by atoms with van der Waals surface area (Å²) >= 11 is 0. The third-order valence-corrected chi connectivity index (χ3v) is 4.50. The van der Waals surface area contributed by atoms with Crippen LogP contribution < -0.4 is 10.2 Å². The molecule has 0 unspecified atom stereocenters. The van der Waals surface area contributed by atoms with E-state index in [1.807, 2.05) is 27.7 Å².